The van der Waals surface area contributed by atoms with Crippen LogP contribution in [0.4, 0.5) is 8.78 Å². The Labute approximate surface area is 185 Å². The molecule has 0 unspecified atom stereocenters. The number of nitrogens with zero attached hydrogens (tertiary/aromatic N) is 1. The molecule has 168 valence electrons. The van der Waals surface area contributed by atoms with Gasteiger partial charge in [0.2, 0.25) is 0 Å². The van der Waals surface area contributed by atoms with E-state index in [9.17, 15) is 22.0 Å². The van der Waals surface area contributed by atoms with E-state index in [-0.39, 0.29) is 28.9 Å². The van der Waals surface area contributed by atoms with E-state index in [1.807, 2.05) is 0 Å². The van der Waals surface area contributed by atoms with Gasteiger partial charge in [0.05, 0.1) is 5.75 Å². The fourth-order valence-corrected chi connectivity index (χ4v) is 4.57. The molecule has 0 bridgehead atoms. The third-order valence-corrected chi connectivity index (χ3v) is 6.45. The van der Waals surface area contributed by atoms with Crippen molar-refractivity contribution >= 4 is 9.84 Å². The highest BCUT2D eigenvalue weighted by atomic mass is 32.2. The summed E-state index contributed by atoms with van der Waals surface area (Å²) < 4.78 is 58.7. The molecule has 0 N–H and O–H groups in total. The minimum atomic E-state index is -3.29. The van der Waals surface area contributed by atoms with E-state index >= 15 is 0 Å². The highest BCUT2D eigenvalue weighted by molar-refractivity contribution is 7.89. The second kappa shape index (κ2) is 8.50. The van der Waals surface area contributed by atoms with Gasteiger partial charge in [-0.3, -0.25) is 4.79 Å². The Kier molecular flexibility index (Phi) is 5.90. The fraction of sp³-hybridized carbons (Fsp3) is 0.292. The Morgan fingerprint density at radius 1 is 1.06 bits per heavy atom. The largest absolute Gasteiger partial charge is 0.454 e. The third-order valence-electron chi connectivity index (χ3n) is 5.59. The monoisotopic (exact) mass is 459 g/mol. The molecule has 5 nitrogen and oxygen atoms in total. The van der Waals surface area contributed by atoms with Crippen LogP contribution in [0.3, 0.4) is 0 Å². The van der Waals surface area contributed by atoms with Crippen molar-refractivity contribution in [3.8, 4) is 22.6 Å². The van der Waals surface area contributed by atoms with Crippen LogP contribution in [-0.2, 0) is 15.6 Å². The molecule has 0 saturated heterocycles. The normalized spacial score (nSPS) is 14.2. The van der Waals surface area contributed by atoms with Crippen LogP contribution in [0.2, 0.25) is 0 Å². The van der Waals surface area contributed by atoms with Crippen LogP contribution in [0.25, 0.3) is 11.1 Å². The number of pyridine rings is 1. The second-order valence-corrected chi connectivity index (χ2v) is 10.4. The molecule has 1 aliphatic rings. The van der Waals surface area contributed by atoms with Crippen molar-refractivity contribution in [3.63, 3.8) is 0 Å². The summed E-state index contributed by atoms with van der Waals surface area (Å²) in [4.78, 5) is 12.7. The van der Waals surface area contributed by atoms with Gasteiger partial charge < -0.3 is 9.30 Å². The van der Waals surface area contributed by atoms with Crippen LogP contribution < -0.4 is 10.3 Å². The zero-order valence-electron chi connectivity index (χ0n) is 17.8. The maximum Gasteiger partial charge on any atom is 0.253 e. The van der Waals surface area contributed by atoms with Gasteiger partial charge in [0.1, 0.15) is 11.6 Å². The van der Waals surface area contributed by atoms with Crippen LogP contribution in [0.1, 0.15) is 36.4 Å². The number of aryl methyl sites for hydroxylation is 1. The molecule has 0 atom stereocenters. The fourth-order valence-electron chi connectivity index (χ4n) is 3.79. The minimum Gasteiger partial charge on any atom is -0.454 e. The summed E-state index contributed by atoms with van der Waals surface area (Å²) in [6.07, 6.45) is 5.78. The minimum absolute atomic E-state index is 0.0715. The molecule has 1 aliphatic carbocycles. The van der Waals surface area contributed by atoms with Crippen molar-refractivity contribution in [3.05, 3.63) is 81.8 Å². The van der Waals surface area contributed by atoms with E-state index in [2.05, 4.69) is 0 Å². The van der Waals surface area contributed by atoms with Gasteiger partial charge in [-0.05, 0) is 62.1 Å². The second-order valence-electron chi connectivity index (χ2n) is 8.29. The summed E-state index contributed by atoms with van der Waals surface area (Å²) in [5, 5.41) is 0. The van der Waals surface area contributed by atoms with Gasteiger partial charge in [0.15, 0.2) is 21.4 Å². The van der Waals surface area contributed by atoms with Crippen molar-refractivity contribution in [1.29, 1.82) is 0 Å². The molecule has 1 heterocycles. The standard InChI is InChI=1S/C24H23F2NO4S/c1-15-10-17(13-27(24(15)28)19-4-3-5-19)20-11-16(14-32(2,29)30)6-8-22(20)31-23-9-7-18(25)12-21(23)26/h6-13,19H,3-5,14H2,1-2H3. The summed E-state index contributed by atoms with van der Waals surface area (Å²) in [6.45, 7) is 1.72. The Bertz CT molecular complexity index is 1340. The lowest BCUT2D eigenvalue weighted by molar-refractivity contribution is 0.306. The molecule has 32 heavy (non-hydrogen) atoms. The number of hydrogen-bond acceptors (Lipinski definition) is 4. The molecule has 0 spiro atoms. The molecular weight excluding hydrogens is 436 g/mol. The highest BCUT2D eigenvalue weighted by Gasteiger charge is 2.22. The van der Waals surface area contributed by atoms with E-state index in [1.165, 1.54) is 6.07 Å². The van der Waals surface area contributed by atoms with Crippen LogP contribution in [-0.4, -0.2) is 19.2 Å². The maximum atomic E-state index is 14.2. The number of halogens is 2. The third kappa shape index (κ3) is 4.75. The number of sulfone groups is 1. The van der Waals surface area contributed by atoms with Gasteiger partial charge in [-0.15, -0.1) is 0 Å². The summed E-state index contributed by atoms with van der Waals surface area (Å²) in [7, 11) is -3.29. The molecule has 3 aromatic rings. The van der Waals surface area contributed by atoms with Crippen LogP contribution in [0, 0.1) is 18.6 Å². The van der Waals surface area contributed by atoms with Gasteiger partial charge in [-0.2, -0.15) is 0 Å². The molecule has 1 fully saturated rings. The Morgan fingerprint density at radius 3 is 2.41 bits per heavy atom. The van der Waals surface area contributed by atoms with Gasteiger partial charge in [0.25, 0.3) is 5.56 Å². The van der Waals surface area contributed by atoms with Gasteiger partial charge >= 0.3 is 0 Å². The average molecular weight is 460 g/mol. The lowest BCUT2D eigenvalue weighted by Crippen LogP contribution is -2.29. The molecule has 0 amide bonds. The lowest BCUT2D eigenvalue weighted by Gasteiger charge is -2.28. The number of benzene rings is 2. The molecule has 1 saturated carbocycles. The molecule has 1 aromatic heterocycles. The topological polar surface area (TPSA) is 65.4 Å². The SMILES string of the molecule is Cc1cc(-c2cc(CS(C)(=O)=O)ccc2Oc2ccc(F)cc2F)cn(C2CCC2)c1=O. The van der Waals surface area contributed by atoms with Crippen LogP contribution >= 0.6 is 0 Å². The first-order chi connectivity index (χ1) is 15.1. The summed E-state index contributed by atoms with van der Waals surface area (Å²) in [6, 6.07) is 9.68. The van der Waals surface area contributed by atoms with Crippen molar-refractivity contribution in [2.75, 3.05) is 6.26 Å². The van der Waals surface area contributed by atoms with Crippen molar-refractivity contribution in [2.24, 2.45) is 0 Å². The lowest BCUT2D eigenvalue weighted by atomic mass is 9.92. The number of rotatable bonds is 6. The number of ether oxygens (including phenoxy) is 1. The van der Waals surface area contributed by atoms with E-state index < -0.39 is 21.5 Å². The molecule has 4 rings (SSSR count). The van der Waals surface area contributed by atoms with Crippen LogP contribution in [0.15, 0.2) is 53.5 Å². The molecule has 0 radical (unpaired) electrons. The van der Waals surface area contributed by atoms with E-state index in [4.69, 9.17) is 4.74 Å². The Balaban J connectivity index is 1.85. The van der Waals surface area contributed by atoms with E-state index in [0.717, 1.165) is 37.7 Å². The van der Waals surface area contributed by atoms with Crippen LogP contribution in [0.5, 0.6) is 11.5 Å². The highest BCUT2D eigenvalue weighted by Crippen LogP contribution is 2.37. The average Bonchev–Trinajstić information content (AvgIpc) is 2.66. The maximum absolute atomic E-state index is 14.2. The first kappa shape index (κ1) is 22.2. The smallest absolute Gasteiger partial charge is 0.253 e. The van der Waals surface area contributed by atoms with Gasteiger partial charge in [-0.25, -0.2) is 17.2 Å². The van der Waals surface area contributed by atoms with Gasteiger partial charge in [-0.1, -0.05) is 6.07 Å². The quantitative estimate of drug-likeness (QED) is 0.511. The Morgan fingerprint density at radius 2 is 1.78 bits per heavy atom. The van der Waals surface area contributed by atoms with Crippen molar-refractivity contribution in [2.45, 2.75) is 38.0 Å². The first-order valence-corrected chi connectivity index (χ1v) is 12.3. The molecule has 0 aliphatic heterocycles. The Hall–Kier alpha value is -3.00. The number of aromatic nitrogens is 1. The van der Waals surface area contributed by atoms with Crippen molar-refractivity contribution in [1.82, 2.24) is 4.57 Å². The summed E-state index contributed by atoms with van der Waals surface area (Å²) >= 11 is 0. The summed E-state index contributed by atoms with van der Waals surface area (Å²) in [5.74, 6) is -1.64. The number of hydrogen-bond donors (Lipinski definition) is 0. The zero-order chi connectivity index (χ0) is 23.0. The van der Waals surface area contributed by atoms with E-state index in [1.54, 1.807) is 42.0 Å². The predicted octanol–water partition coefficient (Wildman–Crippen LogP) is 5.16. The summed E-state index contributed by atoms with van der Waals surface area (Å²) in [5.41, 5.74) is 2.18. The van der Waals surface area contributed by atoms with Crippen molar-refractivity contribution < 1.29 is 21.9 Å². The molecular formula is C24H23F2NO4S. The molecule has 8 heteroatoms. The predicted molar refractivity (Wildman–Crippen MR) is 119 cm³/mol. The first-order valence-electron chi connectivity index (χ1n) is 10.3. The molecule has 2 aromatic carbocycles. The van der Waals surface area contributed by atoms with Gasteiger partial charge in [0, 0.05) is 41.3 Å². The van der Waals surface area contributed by atoms with E-state index in [0.29, 0.717) is 22.3 Å². The zero-order valence-corrected chi connectivity index (χ0v) is 18.6.